The van der Waals surface area contributed by atoms with Crippen molar-refractivity contribution in [3.63, 3.8) is 0 Å². The molecule has 0 saturated heterocycles. The molecule has 0 N–H and O–H groups in total. The number of esters is 1. The van der Waals surface area contributed by atoms with Gasteiger partial charge in [-0.05, 0) is 31.1 Å². The summed E-state index contributed by atoms with van der Waals surface area (Å²) in [7, 11) is 0. The molecule has 3 unspecified atom stereocenters. The number of ketones is 1. The molecule has 0 aromatic heterocycles. The first kappa shape index (κ1) is 10.7. The summed E-state index contributed by atoms with van der Waals surface area (Å²) >= 11 is 0. The van der Waals surface area contributed by atoms with E-state index in [0.29, 0.717) is 18.9 Å². The van der Waals surface area contributed by atoms with Crippen molar-refractivity contribution in [3.8, 4) is 0 Å². The number of carbonyl (C=O) groups excluding carboxylic acids is 2. The Morgan fingerprint density at radius 2 is 2.13 bits per heavy atom. The Labute approximate surface area is 90.2 Å². The molecule has 0 radical (unpaired) electrons. The summed E-state index contributed by atoms with van der Waals surface area (Å²) in [5.74, 6) is -0.0596. The third-order valence-corrected chi connectivity index (χ3v) is 4.25. The normalized spacial score (nSPS) is 37.0. The monoisotopic (exact) mass is 210 g/mol. The number of rotatable bonds is 2. The number of carbonyl (C=O) groups is 2. The van der Waals surface area contributed by atoms with Crippen molar-refractivity contribution >= 4 is 11.8 Å². The van der Waals surface area contributed by atoms with Crippen LogP contribution in [0.2, 0.25) is 0 Å². The first-order valence-electron chi connectivity index (χ1n) is 5.68. The van der Waals surface area contributed by atoms with Crippen LogP contribution in [0.3, 0.4) is 0 Å². The Hall–Kier alpha value is -0.860. The van der Waals surface area contributed by atoms with Crippen LogP contribution in [0.1, 0.15) is 33.6 Å². The van der Waals surface area contributed by atoms with Gasteiger partial charge in [0.25, 0.3) is 0 Å². The predicted octanol–water partition coefficient (Wildman–Crippen LogP) is 1.80. The minimum Gasteiger partial charge on any atom is -0.465 e. The van der Waals surface area contributed by atoms with Crippen molar-refractivity contribution < 1.29 is 14.3 Å². The van der Waals surface area contributed by atoms with Crippen LogP contribution >= 0.6 is 0 Å². The molecule has 3 fully saturated rings. The molecule has 3 aliphatic carbocycles. The molecule has 3 saturated carbocycles. The van der Waals surface area contributed by atoms with Crippen LogP contribution in [0.25, 0.3) is 0 Å². The second kappa shape index (κ2) is 3.32. The number of hydrogen-bond donors (Lipinski definition) is 0. The zero-order chi connectivity index (χ0) is 11.2. The van der Waals surface area contributed by atoms with Crippen molar-refractivity contribution in [1.82, 2.24) is 0 Å². The predicted molar refractivity (Wildman–Crippen MR) is 55.1 cm³/mol. The first-order chi connectivity index (χ1) is 6.98. The van der Waals surface area contributed by atoms with E-state index in [2.05, 4.69) is 13.8 Å². The fraction of sp³-hybridized carbons (Fsp3) is 0.833. The van der Waals surface area contributed by atoms with Gasteiger partial charge in [0.1, 0.15) is 5.92 Å². The van der Waals surface area contributed by atoms with Gasteiger partial charge in [0, 0.05) is 5.92 Å². The molecule has 3 aliphatic rings. The molecule has 0 heterocycles. The lowest BCUT2D eigenvalue weighted by atomic mass is 9.46. The van der Waals surface area contributed by atoms with Crippen molar-refractivity contribution in [2.45, 2.75) is 33.6 Å². The molecule has 0 aromatic rings. The van der Waals surface area contributed by atoms with E-state index < -0.39 is 5.92 Å². The van der Waals surface area contributed by atoms with Crippen molar-refractivity contribution in [2.75, 3.05) is 6.61 Å². The maximum atomic E-state index is 12.0. The number of ether oxygens (including phenoxy) is 1. The average Bonchev–Trinajstić information content (AvgIpc) is 2.17. The van der Waals surface area contributed by atoms with Gasteiger partial charge in [-0.15, -0.1) is 0 Å². The van der Waals surface area contributed by atoms with Gasteiger partial charge in [-0.3, -0.25) is 9.59 Å². The van der Waals surface area contributed by atoms with Gasteiger partial charge in [-0.2, -0.15) is 0 Å². The highest BCUT2D eigenvalue weighted by Gasteiger charge is 2.59. The lowest BCUT2D eigenvalue weighted by Crippen LogP contribution is -2.57. The Balaban J connectivity index is 2.09. The van der Waals surface area contributed by atoms with E-state index in [-0.39, 0.29) is 23.1 Å². The van der Waals surface area contributed by atoms with Gasteiger partial charge < -0.3 is 4.74 Å². The highest BCUT2D eigenvalue weighted by Crippen LogP contribution is 2.59. The van der Waals surface area contributed by atoms with Crippen molar-refractivity contribution in [1.29, 1.82) is 0 Å². The van der Waals surface area contributed by atoms with Crippen LogP contribution in [-0.2, 0) is 14.3 Å². The van der Waals surface area contributed by atoms with E-state index >= 15 is 0 Å². The van der Waals surface area contributed by atoms with Gasteiger partial charge >= 0.3 is 5.97 Å². The van der Waals surface area contributed by atoms with E-state index in [1.807, 2.05) is 0 Å². The molecule has 3 nitrogen and oxygen atoms in total. The zero-order valence-corrected chi connectivity index (χ0v) is 9.58. The molecular formula is C12H18O3. The van der Waals surface area contributed by atoms with Crippen LogP contribution in [-0.4, -0.2) is 18.4 Å². The Morgan fingerprint density at radius 1 is 1.47 bits per heavy atom. The summed E-state index contributed by atoms with van der Waals surface area (Å²) in [5, 5.41) is 0. The van der Waals surface area contributed by atoms with E-state index in [1.54, 1.807) is 6.92 Å². The Bertz CT molecular complexity index is 306. The summed E-state index contributed by atoms with van der Waals surface area (Å²) in [4.78, 5) is 23.5. The quantitative estimate of drug-likeness (QED) is 0.515. The van der Waals surface area contributed by atoms with E-state index in [9.17, 15) is 9.59 Å². The highest BCUT2D eigenvalue weighted by molar-refractivity contribution is 6.02. The minimum atomic E-state index is -0.471. The van der Waals surface area contributed by atoms with Gasteiger partial charge in [0.15, 0.2) is 5.78 Å². The second-order valence-electron chi connectivity index (χ2n) is 5.25. The first-order valence-corrected chi connectivity index (χ1v) is 5.68. The standard InChI is InChI=1S/C12H18O3/c1-4-15-11(14)8-5-7-6-9(10(8)13)12(7,2)3/h7-9H,4-6H2,1-3H3. The third kappa shape index (κ3) is 1.40. The van der Waals surface area contributed by atoms with Crippen LogP contribution in [0.4, 0.5) is 0 Å². The van der Waals surface area contributed by atoms with Gasteiger partial charge in [-0.25, -0.2) is 0 Å². The molecule has 0 amide bonds. The fourth-order valence-corrected chi connectivity index (χ4v) is 3.00. The van der Waals surface area contributed by atoms with Gasteiger partial charge in [0.05, 0.1) is 6.61 Å². The topological polar surface area (TPSA) is 43.4 Å². The summed E-state index contributed by atoms with van der Waals surface area (Å²) in [6.07, 6.45) is 1.67. The number of fused-ring (bicyclic) bond motifs is 2. The van der Waals surface area contributed by atoms with Crippen molar-refractivity contribution in [2.24, 2.45) is 23.2 Å². The summed E-state index contributed by atoms with van der Waals surface area (Å²) in [6.45, 7) is 6.40. The SMILES string of the molecule is CCOC(=O)C1CC2CC(C1=O)C2(C)C. The van der Waals surface area contributed by atoms with Gasteiger partial charge in [-0.1, -0.05) is 13.8 Å². The lowest BCUT2D eigenvalue weighted by Gasteiger charge is -2.56. The second-order valence-corrected chi connectivity index (χ2v) is 5.25. The smallest absolute Gasteiger partial charge is 0.316 e. The zero-order valence-electron chi connectivity index (χ0n) is 9.58. The summed E-state index contributed by atoms with van der Waals surface area (Å²) in [6, 6.07) is 0. The van der Waals surface area contributed by atoms with Crippen LogP contribution in [0.5, 0.6) is 0 Å². The third-order valence-electron chi connectivity index (χ3n) is 4.25. The molecule has 15 heavy (non-hydrogen) atoms. The van der Waals surface area contributed by atoms with E-state index in [0.717, 1.165) is 6.42 Å². The highest BCUT2D eigenvalue weighted by atomic mass is 16.5. The Morgan fingerprint density at radius 3 is 2.60 bits per heavy atom. The Kier molecular flexibility index (Phi) is 2.36. The molecule has 0 aromatic carbocycles. The lowest BCUT2D eigenvalue weighted by molar-refractivity contribution is -0.170. The summed E-state index contributed by atoms with van der Waals surface area (Å²) < 4.78 is 4.93. The van der Waals surface area contributed by atoms with Crippen molar-refractivity contribution in [3.05, 3.63) is 0 Å². The van der Waals surface area contributed by atoms with E-state index in [1.165, 1.54) is 0 Å². The van der Waals surface area contributed by atoms with Gasteiger partial charge in [0.2, 0.25) is 0 Å². The average molecular weight is 210 g/mol. The maximum absolute atomic E-state index is 12.0. The van der Waals surface area contributed by atoms with Crippen LogP contribution in [0.15, 0.2) is 0 Å². The maximum Gasteiger partial charge on any atom is 0.316 e. The fourth-order valence-electron chi connectivity index (χ4n) is 3.00. The van der Waals surface area contributed by atoms with E-state index in [4.69, 9.17) is 4.74 Å². The number of hydrogen-bond acceptors (Lipinski definition) is 3. The minimum absolute atomic E-state index is 0.0886. The molecule has 84 valence electrons. The molecule has 0 aliphatic heterocycles. The molecule has 3 heteroatoms. The molecular weight excluding hydrogens is 192 g/mol. The molecule has 3 rings (SSSR count). The summed E-state index contributed by atoms with van der Waals surface area (Å²) in [5.41, 5.74) is 0.111. The largest absolute Gasteiger partial charge is 0.465 e. The van der Waals surface area contributed by atoms with Crippen LogP contribution in [0, 0.1) is 23.2 Å². The molecule has 3 atom stereocenters. The molecule has 0 spiro atoms. The molecule has 2 bridgehead atoms. The van der Waals surface area contributed by atoms with Crippen LogP contribution < -0.4 is 0 Å². The number of Topliss-reactive ketones (excluding diaryl/α,β-unsaturated/α-hetero) is 1.